The van der Waals surface area contributed by atoms with Crippen LogP contribution in [0.3, 0.4) is 0 Å². The van der Waals surface area contributed by atoms with E-state index in [9.17, 15) is 9.59 Å². The van der Waals surface area contributed by atoms with Crippen molar-refractivity contribution >= 4 is 11.6 Å². The monoisotopic (exact) mass is 465 g/mol. The molecule has 180 valence electrons. The molecule has 0 amide bonds. The maximum atomic E-state index is 13.0. The van der Waals surface area contributed by atoms with Gasteiger partial charge in [0.15, 0.2) is 11.6 Å². The average molecular weight is 466 g/mol. The second-order valence-electron chi connectivity index (χ2n) is 8.60. The Bertz CT molecular complexity index is 1160. The van der Waals surface area contributed by atoms with Crippen molar-refractivity contribution in [2.24, 2.45) is 0 Å². The number of piperazine rings is 1. The van der Waals surface area contributed by atoms with Crippen molar-refractivity contribution in [3.8, 4) is 17.1 Å². The number of hydrogen-bond acceptors (Lipinski definition) is 8. The minimum Gasteiger partial charge on any atom is -0.497 e. The summed E-state index contributed by atoms with van der Waals surface area (Å²) in [7, 11) is 1.63. The molecule has 34 heavy (non-hydrogen) atoms. The lowest BCUT2D eigenvalue weighted by Crippen LogP contribution is -2.47. The van der Waals surface area contributed by atoms with E-state index in [4.69, 9.17) is 9.26 Å². The van der Waals surface area contributed by atoms with Crippen LogP contribution in [0.2, 0.25) is 0 Å². The van der Waals surface area contributed by atoms with Crippen molar-refractivity contribution < 1.29 is 18.8 Å². The van der Waals surface area contributed by atoms with Crippen LogP contribution in [0.4, 0.5) is 0 Å². The van der Waals surface area contributed by atoms with Gasteiger partial charge in [-0.05, 0) is 50.1 Å². The molecule has 1 aromatic carbocycles. The van der Waals surface area contributed by atoms with E-state index < -0.39 is 0 Å². The van der Waals surface area contributed by atoms with Gasteiger partial charge in [-0.1, -0.05) is 12.1 Å². The van der Waals surface area contributed by atoms with Gasteiger partial charge >= 0.3 is 0 Å². The number of aromatic nitrogens is 3. The van der Waals surface area contributed by atoms with Crippen molar-refractivity contribution in [2.45, 2.75) is 33.7 Å². The normalized spacial score (nSPS) is 14.9. The van der Waals surface area contributed by atoms with Gasteiger partial charge in [-0.3, -0.25) is 19.4 Å². The summed E-state index contributed by atoms with van der Waals surface area (Å²) in [4.78, 5) is 37.1. The van der Waals surface area contributed by atoms with E-state index in [-0.39, 0.29) is 11.6 Å². The first-order valence-electron chi connectivity index (χ1n) is 11.6. The zero-order chi connectivity index (χ0) is 24.2. The van der Waals surface area contributed by atoms with Crippen LogP contribution in [0.25, 0.3) is 11.4 Å². The molecular formula is C25H31N5O4. The van der Waals surface area contributed by atoms with Gasteiger partial charge in [-0.15, -0.1) is 0 Å². The van der Waals surface area contributed by atoms with E-state index in [0.29, 0.717) is 42.5 Å². The predicted molar refractivity (Wildman–Crippen MR) is 127 cm³/mol. The van der Waals surface area contributed by atoms with Gasteiger partial charge in [-0.25, -0.2) is 0 Å². The van der Waals surface area contributed by atoms with E-state index in [1.165, 1.54) is 0 Å². The summed E-state index contributed by atoms with van der Waals surface area (Å²) in [6.45, 7) is 9.42. The smallest absolute Gasteiger partial charge is 0.241 e. The van der Waals surface area contributed by atoms with Gasteiger partial charge in [0.2, 0.25) is 11.7 Å². The Morgan fingerprint density at radius 3 is 2.41 bits per heavy atom. The van der Waals surface area contributed by atoms with Crippen LogP contribution in [-0.4, -0.2) is 76.3 Å². The molecule has 0 unspecified atom stereocenters. The maximum Gasteiger partial charge on any atom is 0.241 e. The van der Waals surface area contributed by atoms with Crippen LogP contribution in [-0.2, 0) is 13.0 Å². The molecule has 0 radical (unpaired) electrons. The molecule has 3 heterocycles. The topological polar surface area (TPSA) is 105 Å². The molecule has 1 N–H and O–H groups in total. The Kier molecular flexibility index (Phi) is 7.23. The second-order valence-corrected chi connectivity index (χ2v) is 8.60. The highest BCUT2D eigenvalue weighted by Crippen LogP contribution is 2.22. The Morgan fingerprint density at radius 2 is 1.79 bits per heavy atom. The fourth-order valence-corrected chi connectivity index (χ4v) is 4.50. The molecule has 1 aliphatic rings. The first-order chi connectivity index (χ1) is 16.4. The molecule has 0 spiro atoms. The van der Waals surface area contributed by atoms with E-state index in [0.717, 1.165) is 48.7 Å². The summed E-state index contributed by atoms with van der Waals surface area (Å²) in [6.07, 6.45) is 0.650. The van der Waals surface area contributed by atoms with Crippen LogP contribution in [0, 0.1) is 6.92 Å². The Balaban J connectivity index is 1.31. The average Bonchev–Trinajstić information content (AvgIpc) is 3.44. The fourth-order valence-electron chi connectivity index (χ4n) is 4.50. The van der Waals surface area contributed by atoms with Crippen LogP contribution < -0.4 is 4.74 Å². The molecule has 1 saturated heterocycles. The predicted octanol–water partition coefficient (Wildman–Crippen LogP) is 3.15. The molecule has 0 saturated carbocycles. The standard InChI is InChI=1S/C25H31N5O4/c1-5-20-23(17(3)31)16(2)26-24(20)21(32)14-29-10-12-30(13-11-29)15-22-27-25(28-34-22)18-6-8-19(33-4)9-7-18/h6-9,26H,5,10-15H2,1-4H3. The third-order valence-electron chi connectivity index (χ3n) is 6.28. The zero-order valence-corrected chi connectivity index (χ0v) is 20.2. The summed E-state index contributed by atoms with van der Waals surface area (Å²) in [5.74, 6) is 1.93. The van der Waals surface area contributed by atoms with Crippen molar-refractivity contribution in [1.82, 2.24) is 24.9 Å². The molecule has 1 fully saturated rings. The van der Waals surface area contributed by atoms with Gasteiger partial charge in [0, 0.05) is 43.0 Å². The molecule has 0 bridgehead atoms. The molecular weight excluding hydrogens is 434 g/mol. The molecule has 2 aromatic heterocycles. The number of H-pyrrole nitrogens is 1. The van der Waals surface area contributed by atoms with Crippen molar-refractivity contribution in [1.29, 1.82) is 0 Å². The van der Waals surface area contributed by atoms with Gasteiger partial charge in [0.25, 0.3) is 0 Å². The highest BCUT2D eigenvalue weighted by molar-refractivity contribution is 6.04. The summed E-state index contributed by atoms with van der Waals surface area (Å²) < 4.78 is 10.6. The van der Waals surface area contributed by atoms with Crippen LogP contribution in [0.5, 0.6) is 5.75 Å². The van der Waals surface area contributed by atoms with Gasteiger partial charge in [0.1, 0.15) is 5.75 Å². The number of nitrogens with zero attached hydrogens (tertiary/aromatic N) is 4. The lowest BCUT2D eigenvalue weighted by molar-refractivity contribution is 0.0822. The minimum atomic E-state index is -0.00515. The van der Waals surface area contributed by atoms with Crippen molar-refractivity contribution in [2.75, 3.05) is 39.8 Å². The first-order valence-corrected chi connectivity index (χ1v) is 11.6. The minimum absolute atomic E-state index is 0.00515. The molecule has 9 nitrogen and oxygen atoms in total. The Labute approximate surface area is 199 Å². The van der Waals surface area contributed by atoms with E-state index in [1.807, 2.05) is 38.1 Å². The highest BCUT2D eigenvalue weighted by atomic mass is 16.5. The molecule has 0 atom stereocenters. The molecule has 1 aliphatic heterocycles. The lowest BCUT2D eigenvalue weighted by atomic mass is 10.0. The number of benzene rings is 1. The number of carbonyl (C=O) groups is 2. The van der Waals surface area contributed by atoms with Crippen LogP contribution in [0.1, 0.15) is 51.8 Å². The number of Topliss-reactive ketones (excluding diaryl/α,β-unsaturated/α-hetero) is 2. The third kappa shape index (κ3) is 5.10. The number of rotatable bonds is 9. The maximum absolute atomic E-state index is 13.0. The number of aryl methyl sites for hydroxylation is 1. The number of nitrogens with one attached hydrogen (secondary N) is 1. The van der Waals surface area contributed by atoms with Gasteiger partial charge in [-0.2, -0.15) is 4.98 Å². The number of ketones is 2. The lowest BCUT2D eigenvalue weighted by Gasteiger charge is -2.33. The summed E-state index contributed by atoms with van der Waals surface area (Å²) in [6, 6.07) is 7.53. The Hall–Kier alpha value is -3.30. The number of hydrogen-bond donors (Lipinski definition) is 1. The summed E-state index contributed by atoms with van der Waals surface area (Å²) in [5.41, 5.74) is 3.70. The van der Waals surface area contributed by atoms with E-state index in [1.54, 1.807) is 14.0 Å². The zero-order valence-electron chi connectivity index (χ0n) is 20.2. The summed E-state index contributed by atoms with van der Waals surface area (Å²) in [5, 5.41) is 4.10. The van der Waals surface area contributed by atoms with Crippen LogP contribution >= 0.6 is 0 Å². The quantitative estimate of drug-likeness (QED) is 0.481. The Morgan fingerprint density at radius 1 is 1.12 bits per heavy atom. The van der Waals surface area contributed by atoms with Crippen LogP contribution in [0.15, 0.2) is 28.8 Å². The fraction of sp³-hybridized carbons (Fsp3) is 0.440. The van der Waals surface area contributed by atoms with Gasteiger partial charge < -0.3 is 14.2 Å². The SMILES string of the molecule is CCc1c(C(=O)CN2CCN(Cc3nc(-c4ccc(OC)cc4)no3)CC2)[nH]c(C)c1C(C)=O. The highest BCUT2D eigenvalue weighted by Gasteiger charge is 2.25. The van der Waals surface area contributed by atoms with Crippen molar-refractivity contribution in [3.05, 3.63) is 52.7 Å². The molecule has 9 heteroatoms. The number of carbonyl (C=O) groups excluding carboxylic acids is 2. The molecule has 0 aliphatic carbocycles. The first kappa shape index (κ1) is 23.8. The molecule has 3 aromatic rings. The largest absolute Gasteiger partial charge is 0.497 e. The number of aromatic amines is 1. The van der Waals surface area contributed by atoms with E-state index >= 15 is 0 Å². The van der Waals surface area contributed by atoms with E-state index in [2.05, 4.69) is 24.9 Å². The van der Waals surface area contributed by atoms with Crippen molar-refractivity contribution in [3.63, 3.8) is 0 Å². The third-order valence-corrected chi connectivity index (χ3v) is 6.28. The van der Waals surface area contributed by atoms with Gasteiger partial charge in [0.05, 0.1) is 25.9 Å². The number of methoxy groups -OCH3 is 1. The summed E-state index contributed by atoms with van der Waals surface area (Å²) >= 11 is 0. The molecule has 4 rings (SSSR count). The number of ether oxygens (including phenoxy) is 1. The second kappa shape index (κ2) is 10.3.